The third kappa shape index (κ3) is 1.36. The summed E-state index contributed by atoms with van der Waals surface area (Å²) in [4.78, 5) is 2.62. The molecule has 1 aromatic rings. The summed E-state index contributed by atoms with van der Waals surface area (Å²) >= 11 is 0. The second-order valence-electron chi connectivity index (χ2n) is 5.17. The maximum Gasteiger partial charge on any atom is 0.0431 e. The van der Waals surface area contributed by atoms with Crippen molar-refractivity contribution in [1.82, 2.24) is 0 Å². The van der Waals surface area contributed by atoms with E-state index in [-0.39, 0.29) is 0 Å². The Bertz CT molecular complexity index is 400. The minimum absolute atomic E-state index is 0.707. The Morgan fingerprint density at radius 3 is 3.06 bits per heavy atom. The van der Waals surface area contributed by atoms with Gasteiger partial charge in [0.15, 0.2) is 0 Å². The topological polar surface area (TPSA) is 29.3 Å². The van der Waals surface area contributed by atoms with Gasteiger partial charge in [-0.3, -0.25) is 0 Å². The quantitative estimate of drug-likeness (QED) is 0.779. The predicted octanol–water partition coefficient (Wildman–Crippen LogP) is 2.09. The second kappa shape index (κ2) is 3.77. The van der Waals surface area contributed by atoms with Crippen LogP contribution in [-0.4, -0.2) is 19.1 Å². The van der Waals surface area contributed by atoms with Crippen LogP contribution in [0, 0.1) is 12.8 Å². The number of para-hydroxylation sites is 1. The molecule has 2 nitrogen and oxygen atoms in total. The minimum atomic E-state index is 0.707. The van der Waals surface area contributed by atoms with E-state index in [1.54, 1.807) is 0 Å². The molecule has 2 N–H and O–H groups in total. The molecule has 86 valence electrons. The highest BCUT2D eigenvalue weighted by molar-refractivity contribution is 5.62. The molecule has 2 heterocycles. The molecule has 16 heavy (non-hydrogen) atoms. The maximum absolute atomic E-state index is 5.87. The minimum Gasteiger partial charge on any atom is -0.368 e. The van der Waals surface area contributed by atoms with E-state index in [0.29, 0.717) is 12.0 Å². The fourth-order valence-corrected chi connectivity index (χ4v) is 3.50. The van der Waals surface area contributed by atoms with Crippen LogP contribution in [0.25, 0.3) is 0 Å². The summed E-state index contributed by atoms with van der Waals surface area (Å²) in [5.41, 5.74) is 10.3. The molecule has 2 aliphatic heterocycles. The molecule has 0 spiro atoms. The molecule has 2 atom stereocenters. The number of hydrogen-bond donors (Lipinski definition) is 1. The molecule has 2 heteroatoms. The lowest BCUT2D eigenvalue weighted by Gasteiger charge is -2.37. The molecule has 2 aliphatic rings. The van der Waals surface area contributed by atoms with Crippen molar-refractivity contribution in [1.29, 1.82) is 0 Å². The Labute approximate surface area is 97.4 Å². The van der Waals surface area contributed by atoms with Crippen molar-refractivity contribution in [3.63, 3.8) is 0 Å². The van der Waals surface area contributed by atoms with Crippen LogP contribution in [0.3, 0.4) is 0 Å². The van der Waals surface area contributed by atoms with Crippen LogP contribution in [0.4, 0.5) is 5.69 Å². The fraction of sp³-hybridized carbons (Fsp3) is 0.571. The van der Waals surface area contributed by atoms with Crippen molar-refractivity contribution in [2.24, 2.45) is 11.7 Å². The number of anilines is 1. The van der Waals surface area contributed by atoms with Crippen molar-refractivity contribution in [2.75, 3.05) is 18.0 Å². The van der Waals surface area contributed by atoms with Gasteiger partial charge in [-0.15, -0.1) is 0 Å². The van der Waals surface area contributed by atoms with Crippen molar-refractivity contribution in [3.05, 3.63) is 29.3 Å². The summed E-state index contributed by atoms with van der Waals surface area (Å²) < 4.78 is 0. The normalized spacial score (nSPS) is 27.8. The lowest BCUT2D eigenvalue weighted by atomic mass is 9.89. The van der Waals surface area contributed by atoms with Gasteiger partial charge in [-0.05, 0) is 49.8 Å². The number of nitrogens with two attached hydrogens (primary N) is 1. The molecule has 1 fully saturated rings. The number of nitrogens with zero attached hydrogens (tertiary/aromatic N) is 1. The Hall–Kier alpha value is -1.02. The molecule has 0 aliphatic carbocycles. The Balaban J connectivity index is 2.01. The van der Waals surface area contributed by atoms with Crippen LogP contribution in [0.1, 0.15) is 24.0 Å². The van der Waals surface area contributed by atoms with E-state index in [0.717, 1.165) is 6.54 Å². The lowest BCUT2D eigenvalue weighted by Crippen LogP contribution is -2.39. The zero-order valence-corrected chi connectivity index (χ0v) is 9.95. The first-order valence-electron chi connectivity index (χ1n) is 6.36. The third-order valence-electron chi connectivity index (χ3n) is 4.31. The molecule has 3 rings (SSSR count). The molecule has 0 saturated carbocycles. The van der Waals surface area contributed by atoms with Crippen molar-refractivity contribution in [2.45, 2.75) is 32.2 Å². The first-order valence-corrected chi connectivity index (χ1v) is 6.36. The molecular formula is C14H20N2. The van der Waals surface area contributed by atoms with E-state index in [9.17, 15) is 0 Å². The highest BCUT2D eigenvalue weighted by atomic mass is 15.2. The van der Waals surface area contributed by atoms with Crippen molar-refractivity contribution >= 4 is 5.69 Å². The largest absolute Gasteiger partial charge is 0.368 e. The standard InChI is InChI=1S/C14H20N2/c1-10-3-2-4-11-5-6-13-12(9-15)7-8-16(13)14(10)11/h2-4,12-13H,5-9,15H2,1H3. The van der Waals surface area contributed by atoms with E-state index in [2.05, 4.69) is 30.0 Å². The van der Waals surface area contributed by atoms with Gasteiger partial charge in [0.1, 0.15) is 0 Å². The smallest absolute Gasteiger partial charge is 0.0431 e. The van der Waals surface area contributed by atoms with Crippen molar-refractivity contribution in [3.8, 4) is 0 Å². The van der Waals surface area contributed by atoms with Crippen LogP contribution in [-0.2, 0) is 6.42 Å². The predicted molar refractivity (Wildman–Crippen MR) is 67.8 cm³/mol. The molecule has 2 unspecified atom stereocenters. The van der Waals surface area contributed by atoms with Crippen molar-refractivity contribution < 1.29 is 0 Å². The molecule has 0 aromatic heterocycles. The van der Waals surface area contributed by atoms with Gasteiger partial charge in [-0.2, -0.15) is 0 Å². The fourth-order valence-electron chi connectivity index (χ4n) is 3.50. The average Bonchev–Trinajstić information content (AvgIpc) is 2.72. The number of benzene rings is 1. The molecule has 0 amide bonds. The Morgan fingerprint density at radius 2 is 2.25 bits per heavy atom. The third-order valence-corrected chi connectivity index (χ3v) is 4.31. The Kier molecular flexibility index (Phi) is 2.40. The number of aryl methyl sites for hydroxylation is 2. The van der Waals surface area contributed by atoms with Gasteiger partial charge in [-0.25, -0.2) is 0 Å². The van der Waals surface area contributed by atoms with Gasteiger partial charge in [0, 0.05) is 18.3 Å². The molecule has 1 saturated heterocycles. The number of hydrogen-bond acceptors (Lipinski definition) is 2. The first kappa shape index (κ1) is 10.2. The van der Waals surface area contributed by atoms with Crippen LogP contribution >= 0.6 is 0 Å². The van der Waals surface area contributed by atoms with Gasteiger partial charge in [0.2, 0.25) is 0 Å². The Morgan fingerprint density at radius 1 is 1.38 bits per heavy atom. The van der Waals surface area contributed by atoms with Crippen LogP contribution in [0.2, 0.25) is 0 Å². The lowest BCUT2D eigenvalue weighted by molar-refractivity contribution is 0.446. The molecular weight excluding hydrogens is 196 g/mol. The summed E-state index contributed by atoms with van der Waals surface area (Å²) in [7, 11) is 0. The highest BCUT2D eigenvalue weighted by Gasteiger charge is 2.37. The first-order chi connectivity index (χ1) is 7.81. The molecule has 1 aromatic carbocycles. The monoisotopic (exact) mass is 216 g/mol. The second-order valence-corrected chi connectivity index (χ2v) is 5.17. The molecule has 0 bridgehead atoms. The number of rotatable bonds is 1. The molecule has 0 radical (unpaired) electrons. The maximum atomic E-state index is 5.87. The van der Waals surface area contributed by atoms with E-state index in [4.69, 9.17) is 5.73 Å². The summed E-state index contributed by atoms with van der Waals surface area (Å²) in [6.45, 7) is 4.28. The number of fused-ring (bicyclic) bond motifs is 3. The van der Waals surface area contributed by atoms with Gasteiger partial charge >= 0.3 is 0 Å². The zero-order chi connectivity index (χ0) is 11.1. The van der Waals surface area contributed by atoms with E-state index in [1.807, 2.05) is 0 Å². The van der Waals surface area contributed by atoms with Gasteiger partial charge in [0.25, 0.3) is 0 Å². The van der Waals surface area contributed by atoms with Crippen LogP contribution in [0.5, 0.6) is 0 Å². The van der Waals surface area contributed by atoms with Gasteiger partial charge < -0.3 is 10.6 Å². The van der Waals surface area contributed by atoms with Crippen LogP contribution < -0.4 is 10.6 Å². The van der Waals surface area contributed by atoms with Gasteiger partial charge in [-0.1, -0.05) is 18.2 Å². The SMILES string of the molecule is Cc1cccc2c1N1CCC(CN)C1CC2. The summed E-state index contributed by atoms with van der Waals surface area (Å²) in [5.74, 6) is 0.716. The zero-order valence-electron chi connectivity index (χ0n) is 9.95. The van der Waals surface area contributed by atoms with Gasteiger partial charge in [0.05, 0.1) is 0 Å². The summed E-state index contributed by atoms with van der Waals surface area (Å²) in [6, 6.07) is 7.41. The summed E-state index contributed by atoms with van der Waals surface area (Å²) in [5, 5.41) is 0. The van der Waals surface area contributed by atoms with E-state index in [1.165, 1.54) is 42.6 Å². The highest BCUT2D eigenvalue weighted by Crippen LogP contribution is 2.40. The van der Waals surface area contributed by atoms with E-state index >= 15 is 0 Å². The van der Waals surface area contributed by atoms with E-state index < -0.39 is 0 Å². The summed E-state index contributed by atoms with van der Waals surface area (Å²) in [6.07, 6.45) is 3.79. The van der Waals surface area contributed by atoms with Crippen LogP contribution in [0.15, 0.2) is 18.2 Å². The average molecular weight is 216 g/mol.